The summed E-state index contributed by atoms with van der Waals surface area (Å²) in [4.78, 5) is 14.8. The summed E-state index contributed by atoms with van der Waals surface area (Å²) in [7, 11) is 1.70. The van der Waals surface area contributed by atoms with Gasteiger partial charge in [-0.1, -0.05) is 30.3 Å². The molecule has 168 valence electrons. The van der Waals surface area contributed by atoms with Crippen molar-refractivity contribution in [2.45, 2.75) is 26.3 Å². The number of guanidine groups is 1. The Labute approximate surface area is 185 Å². The summed E-state index contributed by atoms with van der Waals surface area (Å²) in [5, 5.41) is 20.8. The monoisotopic (exact) mass is 426 g/mol. The lowest BCUT2D eigenvalue weighted by Gasteiger charge is -2.46. The third kappa shape index (κ3) is 4.14. The number of nitrogens with zero attached hydrogens (tertiary/aromatic N) is 2. The highest BCUT2D eigenvalue weighted by atomic mass is 16.1. The molecule has 2 aromatic rings. The normalized spacial score (nSPS) is 15.5. The van der Waals surface area contributed by atoms with Gasteiger partial charge in [-0.25, -0.2) is 5.84 Å². The molecule has 0 atom stereocenters. The molecule has 1 heterocycles. The van der Waals surface area contributed by atoms with Crippen molar-refractivity contribution in [2.75, 3.05) is 18.1 Å². The van der Waals surface area contributed by atoms with Crippen LogP contribution in [0.15, 0.2) is 59.8 Å². The van der Waals surface area contributed by atoms with Gasteiger partial charge in [0, 0.05) is 38.1 Å². The minimum absolute atomic E-state index is 0. The third-order valence-corrected chi connectivity index (χ3v) is 5.49. The summed E-state index contributed by atoms with van der Waals surface area (Å²) < 4.78 is 0. The zero-order chi connectivity index (χ0) is 22.2. The van der Waals surface area contributed by atoms with Crippen LogP contribution in [0.1, 0.15) is 34.8 Å². The minimum atomic E-state index is -0.870. The molecule has 0 saturated heterocycles. The first-order chi connectivity index (χ1) is 14.1. The second kappa shape index (κ2) is 8.58. The zero-order valence-electron chi connectivity index (χ0n) is 18.3. The van der Waals surface area contributed by atoms with Gasteiger partial charge in [0.25, 0.3) is 5.91 Å². The number of carbonyl (C=O) groups excluding carboxylic acids is 1. The number of anilines is 2. The van der Waals surface area contributed by atoms with Crippen LogP contribution in [-0.4, -0.2) is 40.1 Å². The topological polar surface area (TPSA) is 170 Å². The van der Waals surface area contributed by atoms with Crippen molar-refractivity contribution in [3.05, 3.63) is 70.9 Å². The average molecular weight is 427 g/mol. The van der Waals surface area contributed by atoms with E-state index in [-0.39, 0.29) is 26.6 Å². The molecule has 0 bridgehead atoms. The van der Waals surface area contributed by atoms with E-state index in [0.29, 0.717) is 28.2 Å². The average Bonchev–Trinajstić information content (AvgIpc) is 2.72. The first-order valence-electron chi connectivity index (χ1n) is 9.49. The smallest absolute Gasteiger partial charge is 0.255 e. The van der Waals surface area contributed by atoms with Crippen LogP contribution in [0.3, 0.4) is 0 Å². The fourth-order valence-electron chi connectivity index (χ4n) is 3.56. The largest absolute Gasteiger partial charge is 0.398 e. The van der Waals surface area contributed by atoms with Gasteiger partial charge in [0.1, 0.15) is 0 Å². The second-order valence-corrected chi connectivity index (χ2v) is 7.77. The Kier molecular flexibility index (Phi) is 6.53. The summed E-state index contributed by atoms with van der Waals surface area (Å²) in [5.41, 5.74) is 8.86. The Morgan fingerprint density at radius 3 is 2.39 bits per heavy atom. The quantitative estimate of drug-likeness (QED) is 0.248. The Morgan fingerprint density at radius 1 is 1.16 bits per heavy atom. The zero-order valence-corrected chi connectivity index (χ0v) is 18.3. The molecule has 0 saturated carbocycles. The first kappa shape index (κ1) is 23.6. The van der Waals surface area contributed by atoms with Gasteiger partial charge in [-0.15, -0.1) is 0 Å². The van der Waals surface area contributed by atoms with Crippen LogP contribution in [0.2, 0.25) is 0 Å². The number of hydrazine groups is 1. The molecule has 2 aromatic carbocycles. The molecule has 0 unspecified atom stereocenters. The SMILES string of the molecule is CC1=C(C(=O)Nc2ccc(N)c(C(=N)c3ccccc3)c2)C(C)(C)N(N)C(=N)N1C.N.[HH].[HH]. The molecule has 0 radical (unpaired) electrons. The van der Waals surface area contributed by atoms with E-state index in [2.05, 4.69) is 5.32 Å². The number of hydrogen-bond acceptors (Lipinski definition) is 6. The predicted octanol–water partition coefficient (Wildman–Crippen LogP) is 3.39. The molecule has 0 fully saturated rings. The Hall–Kier alpha value is -3.69. The number of nitrogens with one attached hydrogen (secondary N) is 3. The van der Waals surface area contributed by atoms with Gasteiger partial charge in [0.2, 0.25) is 5.96 Å². The number of rotatable bonds is 4. The fourth-order valence-corrected chi connectivity index (χ4v) is 3.56. The van der Waals surface area contributed by atoms with Gasteiger partial charge in [0.05, 0.1) is 16.8 Å². The Balaban J connectivity index is 0.00000341. The molecule has 9 nitrogen and oxygen atoms in total. The number of nitrogens with two attached hydrogens (primary N) is 2. The Morgan fingerprint density at radius 2 is 1.77 bits per heavy atom. The first-order valence-corrected chi connectivity index (χ1v) is 9.49. The lowest BCUT2D eigenvalue weighted by molar-refractivity contribution is -0.114. The summed E-state index contributed by atoms with van der Waals surface area (Å²) in [6, 6.07) is 14.4. The van der Waals surface area contributed by atoms with Crippen LogP contribution in [0.5, 0.6) is 0 Å². The van der Waals surface area contributed by atoms with E-state index < -0.39 is 5.54 Å². The highest BCUT2D eigenvalue weighted by molar-refractivity contribution is 6.15. The molecule has 0 aromatic heterocycles. The van der Waals surface area contributed by atoms with E-state index in [0.717, 1.165) is 5.56 Å². The van der Waals surface area contributed by atoms with Gasteiger partial charge in [0.15, 0.2) is 0 Å². The van der Waals surface area contributed by atoms with E-state index >= 15 is 0 Å². The molecule has 0 aliphatic carbocycles. The molecule has 10 N–H and O–H groups in total. The van der Waals surface area contributed by atoms with Crippen molar-refractivity contribution in [3.8, 4) is 0 Å². The van der Waals surface area contributed by atoms with Crippen LogP contribution in [0, 0.1) is 10.8 Å². The predicted molar refractivity (Wildman–Crippen MR) is 129 cm³/mol. The number of benzene rings is 2. The molecular weight excluding hydrogens is 392 g/mol. The molecule has 9 heteroatoms. The maximum absolute atomic E-state index is 13.2. The van der Waals surface area contributed by atoms with E-state index in [9.17, 15) is 4.79 Å². The van der Waals surface area contributed by atoms with E-state index in [4.69, 9.17) is 22.4 Å². The summed E-state index contributed by atoms with van der Waals surface area (Å²) in [6.45, 7) is 5.39. The van der Waals surface area contributed by atoms with Crippen molar-refractivity contribution in [3.63, 3.8) is 0 Å². The molecule has 1 amide bonds. The van der Waals surface area contributed by atoms with Crippen LogP contribution in [0.4, 0.5) is 11.4 Å². The number of amides is 1. The third-order valence-electron chi connectivity index (χ3n) is 5.49. The lowest BCUT2D eigenvalue weighted by Crippen LogP contribution is -2.62. The second-order valence-electron chi connectivity index (χ2n) is 7.77. The molecule has 31 heavy (non-hydrogen) atoms. The molecule has 0 spiro atoms. The van der Waals surface area contributed by atoms with E-state index in [1.807, 2.05) is 30.3 Å². The van der Waals surface area contributed by atoms with Gasteiger partial charge >= 0.3 is 0 Å². The molecular formula is C22H34N8O. The molecule has 1 aliphatic rings. The van der Waals surface area contributed by atoms with Crippen LogP contribution < -0.4 is 23.0 Å². The lowest BCUT2D eigenvalue weighted by atomic mass is 9.88. The fraction of sp³-hybridized carbons (Fsp3) is 0.227. The van der Waals surface area contributed by atoms with E-state index in [1.54, 1.807) is 50.9 Å². The van der Waals surface area contributed by atoms with Crippen molar-refractivity contribution in [1.29, 1.82) is 10.8 Å². The summed E-state index contributed by atoms with van der Waals surface area (Å²) in [6.07, 6.45) is 0. The number of allylic oxidation sites excluding steroid dienone is 1. The van der Waals surface area contributed by atoms with Gasteiger partial charge in [-0.05, 0) is 39.0 Å². The minimum Gasteiger partial charge on any atom is -0.398 e. The maximum atomic E-state index is 13.2. The molecule has 1 aliphatic heterocycles. The number of nitrogen functional groups attached to an aromatic ring is 1. The van der Waals surface area contributed by atoms with Gasteiger partial charge in [-0.3, -0.25) is 20.6 Å². The van der Waals surface area contributed by atoms with Crippen molar-refractivity contribution < 1.29 is 7.65 Å². The van der Waals surface area contributed by atoms with Crippen LogP contribution >= 0.6 is 0 Å². The number of carbonyl (C=O) groups is 1. The summed E-state index contributed by atoms with van der Waals surface area (Å²) >= 11 is 0. The van der Waals surface area contributed by atoms with Crippen molar-refractivity contribution in [2.24, 2.45) is 5.84 Å². The van der Waals surface area contributed by atoms with Crippen molar-refractivity contribution >= 4 is 29.0 Å². The van der Waals surface area contributed by atoms with Crippen LogP contribution in [0.25, 0.3) is 0 Å². The van der Waals surface area contributed by atoms with E-state index in [1.165, 1.54) is 5.01 Å². The highest BCUT2D eigenvalue weighted by Crippen LogP contribution is 2.32. The Bertz CT molecular complexity index is 1070. The van der Waals surface area contributed by atoms with Gasteiger partial charge in [-0.2, -0.15) is 0 Å². The molecule has 3 rings (SSSR count). The summed E-state index contributed by atoms with van der Waals surface area (Å²) in [5.74, 6) is 5.87. The highest BCUT2D eigenvalue weighted by Gasteiger charge is 2.42. The van der Waals surface area contributed by atoms with Gasteiger partial charge < -0.3 is 22.1 Å². The van der Waals surface area contributed by atoms with Crippen LogP contribution in [-0.2, 0) is 4.79 Å². The standard InChI is InChI=1S/C22H27N7O.H3N.2H2/c1-13-18(22(2,3)29(26)21(25)28(13)4)20(30)27-15-10-11-17(23)16(12-15)19(24)14-8-6-5-7-9-14;;;/h5-12,24-25H,23,26H2,1-4H3,(H,27,30);1H3;2*1H. The van der Waals surface area contributed by atoms with Crippen molar-refractivity contribution in [1.82, 2.24) is 16.1 Å². The maximum Gasteiger partial charge on any atom is 0.255 e. The number of hydrogen-bond donors (Lipinski definition) is 6.